The molecule has 0 saturated carbocycles. The quantitative estimate of drug-likeness (QED) is 0.857. The number of amides is 1. The van der Waals surface area contributed by atoms with Crippen molar-refractivity contribution in [2.24, 2.45) is 0 Å². The van der Waals surface area contributed by atoms with Gasteiger partial charge in [0.2, 0.25) is 11.7 Å². The Morgan fingerprint density at radius 2 is 1.95 bits per heavy atom. The first kappa shape index (κ1) is 13.5. The number of hydrogen-bond donors (Lipinski definition) is 0. The summed E-state index contributed by atoms with van der Waals surface area (Å²) in [7, 11) is 3.38. The summed E-state index contributed by atoms with van der Waals surface area (Å²) in [4.78, 5) is 14.6. The number of rotatable bonds is 3. The molecule has 100 valence electrons. The Hall–Kier alpha value is -1.95. The molecular weight excluding hydrogens is 266 g/mol. The standard InChI is InChI=1S/C12H14ClN5O/c1-8(12(19)17(2)3)18-15-11(14-16-18)9-4-6-10(13)7-5-9/h4-8H,1-3H3/t8-/m0/s1. The Bertz CT molecular complexity index is 578. The largest absolute Gasteiger partial charge is 0.347 e. The van der Waals surface area contributed by atoms with Crippen molar-refractivity contribution in [2.45, 2.75) is 13.0 Å². The zero-order chi connectivity index (χ0) is 14.0. The van der Waals surface area contributed by atoms with Gasteiger partial charge >= 0.3 is 0 Å². The van der Waals surface area contributed by atoms with Crippen molar-refractivity contribution >= 4 is 17.5 Å². The van der Waals surface area contributed by atoms with Gasteiger partial charge in [-0.05, 0) is 36.4 Å². The van der Waals surface area contributed by atoms with E-state index >= 15 is 0 Å². The van der Waals surface area contributed by atoms with Gasteiger partial charge in [-0.1, -0.05) is 11.6 Å². The molecule has 1 atom stereocenters. The fourth-order valence-corrected chi connectivity index (χ4v) is 1.70. The average Bonchev–Trinajstić information content (AvgIpc) is 2.87. The monoisotopic (exact) mass is 279 g/mol. The molecule has 0 aliphatic rings. The van der Waals surface area contributed by atoms with E-state index < -0.39 is 6.04 Å². The molecule has 0 unspecified atom stereocenters. The highest BCUT2D eigenvalue weighted by molar-refractivity contribution is 6.30. The van der Waals surface area contributed by atoms with E-state index in [1.165, 1.54) is 9.70 Å². The zero-order valence-electron chi connectivity index (χ0n) is 10.9. The molecule has 6 nitrogen and oxygen atoms in total. The van der Waals surface area contributed by atoms with Gasteiger partial charge < -0.3 is 4.90 Å². The van der Waals surface area contributed by atoms with Gasteiger partial charge in [-0.2, -0.15) is 4.80 Å². The van der Waals surface area contributed by atoms with Crippen molar-refractivity contribution in [1.29, 1.82) is 0 Å². The van der Waals surface area contributed by atoms with Crippen molar-refractivity contribution < 1.29 is 4.79 Å². The number of tetrazole rings is 1. The lowest BCUT2D eigenvalue weighted by Crippen LogP contribution is -2.31. The molecule has 1 aromatic heterocycles. The van der Waals surface area contributed by atoms with Crippen LogP contribution in [0.1, 0.15) is 13.0 Å². The molecule has 0 N–H and O–H groups in total. The van der Waals surface area contributed by atoms with E-state index in [1.54, 1.807) is 33.2 Å². The number of carbonyl (C=O) groups excluding carboxylic acids is 1. The highest BCUT2D eigenvalue weighted by Crippen LogP contribution is 2.17. The molecule has 0 aliphatic heterocycles. The molecule has 0 spiro atoms. The van der Waals surface area contributed by atoms with Crippen LogP contribution < -0.4 is 0 Å². The van der Waals surface area contributed by atoms with Crippen molar-refractivity contribution in [3.63, 3.8) is 0 Å². The van der Waals surface area contributed by atoms with Gasteiger partial charge in [0, 0.05) is 24.7 Å². The summed E-state index contributed by atoms with van der Waals surface area (Å²) in [6.07, 6.45) is 0. The topological polar surface area (TPSA) is 63.9 Å². The molecule has 1 heterocycles. The van der Waals surface area contributed by atoms with Crippen LogP contribution in [0.5, 0.6) is 0 Å². The van der Waals surface area contributed by atoms with Crippen LogP contribution in [0.4, 0.5) is 0 Å². The van der Waals surface area contributed by atoms with E-state index in [4.69, 9.17) is 11.6 Å². The van der Waals surface area contributed by atoms with Crippen molar-refractivity contribution in [2.75, 3.05) is 14.1 Å². The first-order chi connectivity index (χ1) is 8.99. The van der Waals surface area contributed by atoms with Crippen LogP contribution in [-0.2, 0) is 4.79 Å². The molecule has 0 saturated heterocycles. The van der Waals surface area contributed by atoms with Gasteiger partial charge in [0.1, 0.15) is 6.04 Å². The average molecular weight is 280 g/mol. The minimum atomic E-state index is -0.483. The van der Waals surface area contributed by atoms with E-state index in [0.717, 1.165) is 5.56 Å². The molecule has 0 bridgehead atoms. The first-order valence-electron chi connectivity index (χ1n) is 5.75. The Morgan fingerprint density at radius 1 is 1.32 bits per heavy atom. The highest BCUT2D eigenvalue weighted by atomic mass is 35.5. The maximum atomic E-state index is 11.8. The summed E-state index contributed by atoms with van der Waals surface area (Å²) in [5, 5.41) is 12.7. The summed E-state index contributed by atoms with van der Waals surface area (Å²) in [6, 6.07) is 6.64. The molecule has 7 heteroatoms. The molecule has 1 amide bonds. The Kier molecular flexibility index (Phi) is 3.80. The normalized spacial score (nSPS) is 12.2. The van der Waals surface area contributed by atoms with E-state index in [9.17, 15) is 4.79 Å². The second-order valence-corrected chi connectivity index (χ2v) is 4.79. The minimum Gasteiger partial charge on any atom is -0.347 e. The molecule has 1 aromatic carbocycles. The predicted molar refractivity (Wildman–Crippen MR) is 71.7 cm³/mol. The Morgan fingerprint density at radius 3 is 2.53 bits per heavy atom. The number of aromatic nitrogens is 4. The van der Waals surface area contributed by atoms with Crippen LogP contribution in [0.2, 0.25) is 5.02 Å². The smallest absolute Gasteiger partial charge is 0.248 e. The number of halogens is 1. The summed E-state index contributed by atoms with van der Waals surface area (Å²) in [6.45, 7) is 1.73. The van der Waals surface area contributed by atoms with E-state index in [2.05, 4.69) is 15.4 Å². The van der Waals surface area contributed by atoms with Crippen molar-refractivity contribution in [3.05, 3.63) is 29.3 Å². The van der Waals surface area contributed by atoms with Gasteiger partial charge in [0.05, 0.1) is 0 Å². The summed E-state index contributed by atoms with van der Waals surface area (Å²) in [5.74, 6) is 0.384. The molecular formula is C12H14ClN5O. The van der Waals surface area contributed by atoms with Crippen LogP contribution in [0.15, 0.2) is 24.3 Å². The fraction of sp³-hybridized carbons (Fsp3) is 0.333. The summed E-state index contributed by atoms with van der Waals surface area (Å²) in [5.41, 5.74) is 0.806. The van der Waals surface area contributed by atoms with E-state index in [1.807, 2.05) is 12.1 Å². The second kappa shape index (κ2) is 5.36. The number of likely N-dealkylation sites (N-methyl/N-ethyl adjacent to an activating group) is 1. The number of nitrogens with zero attached hydrogens (tertiary/aromatic N) is 5. The third-order valence-corrected chi connectivity index (χ3v) is 2.93. The van der Waals surface area contributed by atoms with Crippen LogP contribution >= 0.6 is 11.6 Å². The lowest BCUT2D eigenvalue weighted by molar-refractivity contribution is -0.132. The maximum Gasteiger partial charge on any atom is 0.248 e. The van der Waals surface area contributed by atoms with Crippen LogP contribution in [0.25, 0.3) is 11.4 Å². The Labute approximate surface area is 116 Å². The molecule has 2 rings (SSSR count). The zero-order valence-corrected chi connectivity index (χ0v) is 11.7. The lowest BCUT2D eigenvalue weighted by Gasteiger charge is -2.14. The third-order valence-electron chi connectivity index (χ3n) is 2.68. The second-order valence-electron chi connectivity index (χ2n) is 4.35. The third kappa shape index (κ3) is 2.90. The maximum absolute atomic E-state index is 11.8. The van der Waals surface area contributed by atoms with Crippen molar-refractivity contribution in [1.82, 2.24) is 25.1 Å². The van der Waals surface area contributed by atoms with Crippen LogP contribution in [-0.4, -0.2) is 45.1 Å². The Balaban J connectivity index is 2.24. The minimum absolute atomic E-state index is 0.0833. The van der Waals surface area contributed by atoms with E-state index in [-0.39, 0.29) is 5.91 Å². The number of benzene rings is 1. The van der Waals surface area contributed by atoms with Crippen molar-refractivity contribution in [3.8, 4) is 11.4 Å². The summed E-state index contributed by atoms with van der Waals surface area (Å²) >= 11 is 5.82. The van der Waals surface area contributed by atoms with Gasteiger partial charge in [0.25, 0.3) is 0 Å². The van der Waals surface area contributed by atoms with Gasteiger partial charge in [-0.15, -0.1) is 10.2 Å². The fourth-order valence-electron chi connectivity index (χ4n) is 1.58. The van der Waals surface area contributed by atoms with Crippen LogP contribution in [0, 0.1) is 0 Å². The lowest BCUT2D eigenvalue weighted by atomic mass is 10.2. The van der Waals surface area contributed by atoms with Crippen LogP contribution in [0.3, 0.4) is 0 Å². The SMILES string of the molecule is C[C@@H](C(=O)N(C)C)n1nnc(-c2ccc(Cl)cc2)n1. The van der Waals surface area contributed by atoms with Gasteiger partial charge in [0.15, 0.2) is 0 Å². The number of hydrogen-bond acceptors (Lipinski definition) is 4. The predicted octanol–water partition coefficient (Wildman–Crippen LogP) is 1.64. The van der Waals surface area contributed by atoms with E-state index in [0.29, 0.717) is 10.8 Å². The first-order valence-corrected chi connectivity index (χ1v) is 6.13. The molecule has 0 radical (unpaired) electrons. The highest BCUT2D eigenvalue weighted by Gasteiger charge is 2.20. The summed E-state index contributed by atoms with van der Waals surface area (Å²) < 4.78 is 0. The molecule has 19 heavy (non-hydrogen) atoms. The molecule has 2 aromatic rings. The van der Waals surface area contributed by atoms with Gasteiger partial charge in [-0.3, -0.25) is 4.79 Å². The molecule has 0 fully saturated rings. The van der Waals surface area contributed by atoms with Gasteiger partial charge in [-0.25, -0.2) is 0 Å². The number of carbonyl (C=O) groups is 1. The molecule has 0 aliphatic carbocycles.